The van der Waals surface area contributed by atoms with Gasteiger partial charge in [-0.15, -0.1) is 10.2 Å². The van der Waals surface area contributed by atoms with E-state index in [4.69, 9.17) is 11.6 Å². The first kappa shape index (κ1) is 18.4. The summed E-state index contributed by atoms with van der Waals surface area (Å²) in [6, 6.07) is 14.1. The normalized spacial score (nSPS) is 11.5. The first-order valence-corrected chi connectivity index (χ1v) is 10.1. The predicted octanol–water partition coefficient (Wildman–Crippen LogP) is 3.54. The lowest BCUT2D eigenvalue weighted by Crippen LogP contribution is -2.07. The van der Waals surface area contributed by atoms with Crippen molar-refractivity contribution in [2.75, 3.05) is 11.1 Å². The van der Waals surface area contributed by atoms with Gasteiger partial charge in [0.15, 0.2) is 21.5 Å². The van der Waals surface area contributed by atoms with Gasteiger partial charge in [0.1, 0.15) is 0 Å². The van der Waals surface area contributed by atoms with Gasteiger partial charge in [0.05, 0.1) is 17.2 Å². The Bertz CT molecular complexity index is 997. The maximum atomic E-state index is 11.8. The van der Waals surface area contributed by atoms with Crippen LogP contribution in [0.15, 0.2) is 53.4 Å². The molecule has 0 spiro atoms. The molecule has 0 saturated carbocycles. The second-order valence-electron chi connectivity index (χ2n) is 5.79. The smallest absolute Gasteiger partial charge is 0.178 e. The molecule has 1 heterocycles. The molecule has 26 heavy (non-hydrogen) atoms. The monoisotopic (exact) mass is 390 g/mol. The third-order valence-corrected chi connectivity index (χ3v) is 6.11. The Balaban J connectivity index is 1.72. The maximum absolute atomic E-state index is 11.8. The van der Waals surface area contributed by atoms with Crippen LogP contribution in [-0.2, 0) is 23.4 Å². The number of anilines is 1. The number of halogens is 1. The molecule has 8 heteroatoms. The highest BCUT2D eigenvalue weighted by atomic mass is 35.5. The first-order chi connectivity index (χ1) is 12.4. The number of hydrogen-bond donors (Lipinski definition) is 1. The summed E-state index contributed by atoms with van der Waals surface area (Å²) in [4.78, 5) is 0.328. The fraction of sp³-hybridized carbons (Fsp3) is 0.222. The van der Waals surface area contributed by atoms with Crippen LogP contribution in [0.2, 0.25) is 5.02 Å². The zero-order chi connectivity index (χ0) is 18.7. The number of nitrogens with one attached hydrogen (secondary N) is 1. The van der Waals surface area contributed by atoms with Crippen molar-refractivity contribution < 1.29 is 8.42 Å². The van der Waals surface area contributed by atoms with Gasteiger partial charge < -0.3 is 9.88 Å². The van der Waals surface area contributed by atoms with Gasteiger partial charge in [-0.05, 0) is 48.5 Å². The average molecular weight is 391 g/mol. The molecule has 3 aromatic rings. The Morgan fingerprint density at radius 2 is 1.69 bits per heavy atom. The Labute approximate surface area is 157 Å². The number of nitrogens with zero attached hydrogens (tertiary/aromatic N) is 3. The van der Waals surface area contributed by atoms with E-state index in [0.29, 0.717) is 16.5 Å². The molecule has 6 nitrogen and oxygen atoms in total. The molecule has 0 aliphatic carbocycles. The molecule has 0 unspecified atom stereocenters. The minimum absolute atomic E-state index is 0.0895. The van der Waals surface area contributed by atoms with Gasteiger partial charge in [-0.1, -0.05) is 18.5 Å². The molecule has 136 valence electrons. The van der Waals surface area contributed by atoms with E-state index in [0.717, 1.165) is 22.9 Å². The third kappa shape index (κ3) is 3.89. The molecule has 0 aliphatic rings. The van der Waals surface area contributed by atoms with E-state index in [1.807, 2.05) is 35.9 Å². The molecule has 0 radical (unpaired) electrons. The van der Waals surface area contributed by atoms with Crippen LogP contribution in [-0.4, -0.2) is 28.9 Å². The van der Waals surface area contributed by atoms with Gasteiger partial charge in [-0.2, -0.15) is 0 Å². The summed E-state index contributed by atoms with van der Waals surface area (Å²) < 4.78 is 25.6. The van der Waals surface area contributed by atoms with Crippen molar-refractivity contribution >= 4 is 27.1 Å². The van der Waals surface area contributed by atoms with Crippen molar-refractivity contribution in [2.45, 2.75) is 18.4 Å². The molecule has 1 aromatic heterocycles. The number of benzene rings is 2. The van der Waals surface area contributed by atoms with Crippen LogP contribution < -0.4 is 5.32 Å². The highest BCUT2D eigenvalue weighted by molar-refractivity contribution is 7.91. The summed E-state index contributed by atoms with van der Waals surface area (Å²) in [7, 11) is -1.28. The second kappa shape index (κ2) is 7.47. The zero-order valence-corrected chi connectivity index (χ0v) is 16.0. The maximum Gasteiger partial charge on any atom is 0.178 e. The SMILES string of the molecule is CCS(=O)(=O)c1ccc(NCc2nnc(-c3ccc(Cl)cc3)n2C)cc1. The number of hydrogen-bond acceptors (Lipinski definition) is 5. The van der Waals surface area contributed by atoms with Crippen molar-refractivity contribution in [3.63, 3.8) is 0 Å². The van der Waals surface area contributed by atoms with Crippen molar-refractivity contribution in [3.05, 3.63) is 59.4 Å². The van der Waals surface area contributed by atoms with Gasteiger partial charge >= 0.3 is 0 Å². The van der Waals surface area contributed by atoms with Crippen LogP contribution in [0.1, 0.15) is 12.7 Å². The molecule has 0 saturated heterocycles. The average Bonchev–Trinajstić information content (AvgIpc) is 3.01. The topological polar surface area (TPSA) is 76.9 Å². The van der Waals surface area contributed by atoms with Crippen LogP contribution in [0.4, 0.5) is 5.69 Å². The molecule has 0 amide bonds. The second-order valence-corrected chi connectivity index (χ2v) is 8.50. The van der Waals surface area contributed by atoms with E-state index in [1.54, 1.807) is 31.2 Å². The van der Waals surface area contributed by atoms with Crippen molar-refractivity contribution in [2.24, 2.45) is 7.05 Å². The van der Waals surface area contributed by atoms with Crippen LogP contribution >= 0.6 is 11.6 Å². The summed E-state index contributed by atoms with van der Waals surface area (Å²) in [5.41, 5.74) is 1.75. The van der Waals surface area contributed by atoms with Gasteiger partial charge in [0.2, 0.25) is 0 Å². The van der Waals surface area contributed by atoms with Gasteiger partial charge in [0, 0.05) is 23.3 Å². The molecular formula is C18H19ClN4O2S. The summed E-state index contributed by atoms with van der Waals surface area (Å²) in [5, 5.41) is 12.4. The molecular weight excluding hydrogens is 372 g/mol. The van der Waals surface area contributed by atoms with Gasteiger partial charge in [-0.3, -0.25) is 0 Å². The quantitative estimate of drug-likeness (QED) is 0.696. The van der Waals surface area contributed by atoms with Gasteiger partial charge in [-0.25, -0.2) is 8.42 Å². The third-order valence-electron chi connectivity index (χ3n) is 4.11. The van der Waals surface area contributed by atoms with Crippen LogP contribution in [0, 0.1) is 0 Å². The summed E-state index contributed by atoms with van der Waals surface area (Å²) in [6.07, 6.45) is 0. The van der Waals surface area contributed by atoms with Gasteiger partial charge in [0.25, 0.3) is 0 Å². The van der Waals surface area contributed by atoms with Crippen molar-refractivity contribution in [1.29, 1.82) is 0 Å². The lowest BCUT2D eigenvalue weighted by atomic mass is 10.2. The van der Waals surface area contributed by atoms with E-state index in [9.17, 15) is 8.42 Å². The van der Waals surface area contributed by atoms with E-state index in [2.05, 4.69) is 15.5 Å². The number of sulfone groups is 1. The zero-order valence-electron chi connectivity index (χ0n) is 14.5. The summed E-state index contributed by atoms with van der Waals surface area (Å²) >= 11 is 5.92. The molecule has 3 rings (SSSR count). The predicted molar refractivity (Wildman–Crippen MR) is 103 cm³/mol. The van der Waals surface area contributed by atoms with Crippen molar-refractivity contribution in [3.8, 4) is 11.4 Å². The highest BCUT2D eigenvalue weighted by Gasteiger charge is 2.12. The number of aromatic nitrogens is 3. The lowest BCUT2D eigenvalue weighted by Gasteiger charge is -2.08. The lowest BCUT2D eigenvalue weighted by molar-refractivity contribution is 0.597. The Hall–Kier alpha value is -2.38. The fourth-order valence-electron chi connectivity index (χ4n) is 2.49. The summed E-state index contributed by atoms with van der Waals surface area (Å²) in [6.45, 7) is 2.10. The Morgan fingerprint density at radius 1 is 1.04 bits per heavy atom. The van der Waals surface area contributed by atoms with E-state index >= 15 is 0 Å². The summed E-state index contributed by atoms with van der Waals surface area (Å²) in [5.74, 6) is 1.61. The fourth-order valence-corrected chi connectivity index (χ4v) is 3.50. The molecule has 2 aromatic carbocycles. The minimum Gasteiger partial charge on any atom is -0.378 e. The number of rotatable bonds is 6. The van der Waals surface area contributed by atoms with Crippen LogP contribution in [0.25, 0.3) is 11.4 Å². The molecule has 0 atom stereocenters. The molecule has 0 aliphatic heterocycles. The highest BCUT2D eigenvalue weighted by Crippen LogP contribution is 2.20. The Morgan fingerprint density at radius 3 is 2.31 bits per heavy atom. The van der Waals surface area contributed by atoms with E-state index in [-0.39, 0.29) is 5.75 Å². The van der Waals surface area contributed by atoms with Crippen LogP contribution in [0.3, 0.4) is 0 Å². The van der Waals surface area contributed by atoms with Crippen molar-refractivity contribution in [1.82, 2.24) is 14.8 Å². The minimum atomic E-state index is -3.18. The Kier molecular flexibility index (Phi) is 5.29. The van der Waals surface area contributed by atoms with Crippen LogP contribution in [0.5, 0.6) is 0 Å². The first-order valence-electron chi connectivity index (χ1n) is 8.11. The van der Waals surface area contributed by atoms with E-state index in [1.165, 1.54) is 0 Å². The largest absolute Gasteiger partial charge is 0.378 e. The molecule has 1 N–H and O–H groups in total. The standard InChI is InChI=1S/C18H19ClN4O2S/c1-3-26(24,25)16-10-8-15(9-11-16)20-12-17-21-22-18(23(17)2)13-4-6-14(19)7-5-13/h4-11,20H,3,12H2,1-2H3. The van der Waals surface area contributed by atoms with E-state index < -0.39 is 9.84 Å². The molecule has 0 bridgehead atoms. The molecule has 0 fully saturated rings.